The normalized spacial score (nSPS) is 14.2. The first-order valence-electron chi connectivity index (χ1n) is 9.02. The van der Waals surface area contributed by atoms with Gasteiger partial charge in [0.25, 0.3) is 11.5 Å². The topological polar surface area (TPSA) is 120 Å². The lowest BCUT2D eigenvalue weighted by molar-refractivity contribution is -0.136. The molecule has 1 aliphatic heterocycles. The highest BCUT2D eigenvalue weighted by Crippen LogP contribution is 2.08. The van der Waals surface area contributed by atoms with Crippen LogP contribution in [0.15, 0.2) is 47.3 Å². The Kier molecular flexibility index (Phi) is 6.22. The van der Waals surface area contributed by atoms with Crippen molar-refractivity contribution < 1.29 is 23.9 Å². The van der Waals surface area contributed by atoms with Gasteiger partial charge in [-0.25, -0.2) is 14.3 Å². The fourth-order valence-electron chi connectivity index (χ4n) is 2.66. The van der Waals surface area contributed by atoms with E-state index in [1.807, 2.05) is 18.2 Å². The molecule has 0 spiro atoms. The van der Waals surface area contributed by atoms with Gasteiger partial charge in [0.15, 0.2) is 11.8 Å². The largest absolute Gasteiger partial charge is 0.492 e. The van der Waals surface area contributed by atoms with Crippen LogP contribution in [0.2, 0.25) is 0 Å². The Labute approximate surface area is 166 Å². The van der Waals surface area contributed by atoms with E-state index < -0.39 is 29.6 Å². The van der Waals surface area contributed by atoms with Crippen LogP contribution in [0, 0.1) is 0 Å². The number of nitrogens with one attached hydrogen (secondary N) is 1. The van der Waals surface area contributed by atoms with Crippen LogP contribution >= 0.6 is 0 Å². The van der Waals surface area contributed by atoms with E-state index in [4.69, 9.17) is 9.47 Å². The van der Waals surface area contributed by atoms with Crippen molar-refractivity contribution in [2.24, 2.45) is 0 Å². The molecule has 1 aromatic carbocycles. The molecule has 10 heteroatoms. The molecule has 29 heavy (non-hydrogen) atoms. The zero-order valence-electron chi connectivity index (χ0n) is 15.7. The highest BCUT2D eigenvalue weighted by molar-refractivity contribution is 5.99. The summed E-state index contributed by atoms with van der Waals surface area (Å²) in [6, 6.07) is 10.9. The lowest BCUT2D eigenvalue weighted by Gasteiger charge is -2.18. The third-order valence-electron chi connectivity index (χ3n) is 4.15. The molecule has 1 aromatic heterocycles. The van der Waals surface area contributed by atoms with E-state index in [0.717, 1.165) is 9.58 Å². The number of carbonyl (C=O) groups excluding carboxylic acids is 3. The SMILES string of the molecule is CC(OC(=O)c1ccc(=O)n(CCOc2ccccc2)n1)C(=O)N1CCNC1=O. The Bertz CT molecular complexity index is 959. The van der Waals surface area contributed by atoms with Gasteiger partial charge in [-0.05, 0) is 25.1 Å². The molecule has 0 radical (unpaired) electrons. The van der Waals surface area contributed by atoms with E-state index in [1.54, 1.807) is 12.1 Å². The first-order chi connectivity index (χ1) is 14.0. The maximum Gasteiger partial charge on any atom is 0.359 e. The van der Waals surface area contributed by atoms with Gasteiger partial charge in [0.05, 0.1) is 6.54 Å². The van der Waals surface area contributed by atoms with Crippen molar-refractivity contribution in [3.05, 3.63) is 58.5 Å². The number of esters is 1. The van der Waals surface area contributed by atoms with Crippen LogP contribution in [-0.4, -0.2) is 58.4 Å². The second-order valence-corrected chi connectivity index (χ2v) is 6.21. The highest BCUT2D eigenvalue weighted by Gasteiger charge is 2.32. The summed E-state index contributed by atoms with van der Waals surface area (Å²) in [5.41, 5.74) is -0.536. The number of urea groups is 1. The van der Waals surface area contributed by atoms with Gasteiger partial charge in [0.1, 0.15) is 12.4 Å². The van der Waals surface area contributed by atoms with Crippen molar-refractivity contribution in [2.45, 2.75) is 19.6 Å². The van der Waals surface area contributed by atoms with Gasteiger partial charge in [-0.15, -0.1) is 0 Å². The number of rotatable bonds is 7. The monoisotopic (exact) mass is 400 g/mol. The first-order valence-corrected chi connectivity index (χ1v) is 9.02. The van der Waals surface area contributed by atoms with Crippen molar-refractivity contribution in [2.75, 3.05) is 19.7 Å². The summed E-state index contributed by atoms with van der Waals surface area (Å²) in [7, 11) is 0. The van der Waals surface area contributed by atoms with Crippen LogP contribution in [0.4, 0.5) is 4.79 Å². The number of nitrogens with zero attached hydrogens (tertiary/aromatic N) is 3. The summed E-state index contributed by atoms with van der Waals surface area (Å²) in [6.07, 6.45) is -1.17. The van der Waals surface area contributed by atoms with E-state index >= 15 is 0 Å². The number of ether oxygens (including phenoxy) is 2. The molecule has 1 atom stereocenters. The minimum absolute atomic E-state index is 0.122. The molecule has 1 saturated heterocycles. The number of aromatic nitrogens is 2. The molecule has 1 unspecified atom stereocenters. The van der Waals surface area contributed by atoms with Crippen molar-refractivity contribution in [3.8, 4) is 5.75 Å². The van der Waals surface area contributed by atoms with E-state index in [1.165, 1.54) is 19.1 Å². The molecule has 3 amide bonds. The lowest BCUT2D eigenvalue weighted by Crippen LogP contribution is -2.42. The number of amides is 3. The number of benzene rings is 1. The molecule has 2 aromatic rings. The number of carbonyl (C=O) groups is 3. The molecule has 0 bridgehead atoms. The summed E-state index contributed by atoms with van der Waals surface area (Å²) < 4.78 is 11.7. The van der Waals surface area contributed by atoms with E-state index in [0.29, 0.717) is 12.3 Å². The molecule has 0 aliphatic carbocycles. The summed E-state index contributed by atoms with van der Waals surface area (Å²) in [6.45, 7) is 2.23. The number of imide groups is 1. The van der Waals surface area contributed by atoms with Crippen molar-refractivity contribution in [1.82, 2.24) is 20.0 Å². The molecule has 152 valence electrons. The van der Waals surface area contributed by atoms with Crippen LogP contribution in [0.25, 0.3) is 0 Å². The van der Waals surface area contributed by atoms with Gasteiger partial charge in [-0.2, -0.15) is 5.10 Å². The van der Waals surface area contributed by atoms with Gasteiger partial charge in [-0.1, -0.05) is 18.2 Å². The van der Waals surface area contributed by atoms with Gasteiger partial charge in [0.2, 0.25) is 0 Å². The van der Waals surface area contributed by atoms with Gasteiger partial charge in [0, 0.05) is 19.2 Å². The first kappa shape index (κ1) is 20.1. The summed E-state index contributed by atoms with van der Waals surface area (Å²) >= 11 is 0. The Morgan fingerprint density at radius 1 is 1.17 bits per heavy atom. The van der Waals surface area contributed by atoms with Gasteiger partial charge < -0.3 is 14.8 Å². The van der Waals surface area contributed by atoms with Crippen molar-refractivity contribution in [3.63, 3.8) is 0 Å². The Morgan fingerprint density at radius 3 is 2.62 bits per heavy atom. The number of hydrogen-bond donors (Lipinski definition) is 1. The summed E-state index contributed by atoms with van der Waals surface area (Å²) in [4.78, 5) is 49.0. The van der Waals surface area contributed by atoms with Crippen LogP contribution in [0.1, 0.15) is 17.4 Å². The maximum atomic E-state index is 12.3. The predicted molar refractivity (Wildman–Crippen MR) is 100 cm³/mol. The minimum atomic E-state index is -1.17. The summed E-state index contributed by atoms with van der Waals surface area (Å²) in [5.74, 6) is -0.851. The number of para-hydroxylation sites is 1. The third-order valence-corrected chi connectivity index (χ3v) is 4.15. The molecule has 3 rings (SSSR count). The molecule has 2 heterocycles. The maximum absolute atomic E-state index is 12.3. The Balaban J connectivity index is 1.60. The lowest BCUT2D eigenvalue weighted by atomic mass is 10.3. The fourth-order valence-corrected chi connectivity index (χ4v) is 2.66. The minimum Gasteiger partial charge on any atom is -0.492 e. The molecule has 1 aliphatic rings. The van der Waals surface area contributed by atoms with Crippen molar-refractivity contribution >= 4 is 17.9 Å². The van der Waals surface area contributed by atoms with E-state index in [9.17, 15) is 19.2 Å². The smallest absolute Gasteiger partial charge is 0.359 e. The third kappa shape index (κ3) is 4.98. The molecular weight excluding hydrogens is 380 g/mol. The average Bonchev–Trinajstić information content (AvgIpc) is 3.15. The highest BCUT2D eigenvalue weighted by atomic mass is 16.5. The quantitative estimate of drug-likeness (QED) is 0.669. The average molecular weight is 400 g/mol. The Morgan fingerprint density at radius 2 is 1.93 bits per heavy atom. The Hall–Kier alpha value is -3.69. The predicted octanol–water partition coefficient (Wildman–Crippen LogP) is 0.419. The van der Waals surface area contributed by atoms with Gasteiger partial charge in [-0.3, -0.25) is 14.5 Å². The van der Waals surface area contributed by atoms with Crippen LogP contribution in [0.5, 0.6) is 5.75 Å². The fraction of sp³-hybridized carbons (Fsp3) is 0.316. The standard InChI is InChI=1S/C19H20N4O6/c1-13(17(25)22-10-9-20-19(22)27)29-18(26)15-7-8-16(24)23(21-15)11-12-28-14-5-3-2-4-6-14/h2-8,13H,9-12H2,1H3,(H,20,27). The second-order valence-electron chi connectivity index (χ2n) is 6.21. The molecule has 10 nitrogen and oxygen atoms in total. The van der Waals surface area contributed by atoms with Crippen LogP contribution in [0.3, 0.4) is 0 Å². The van der Waals surface area contributed by atoms with Crippen molar-refractivity contribution in [1.29, 1.82) is 0 Å². The zero-order chi connectivity index (χ0) is 20.8. The molecular formula is C19H20N4O6. The zero-order valence-corrected chi connectivity index (χ0v) is 15.7. The van der Waals surface area contributed by atoms with Crippen LogP contribution in [-0.2, 0) is 16.1 Å². The molecule has 1 N–H and O–H groups in total. The second kappa shape index (κ2) is 9.00. The van der Waals surface area contributed by atoms with E-state index in [2.05, 4.69) is 10.4 Å². The number of hydrogen-bond acceptors (Lipinski definition) is 7. The summed E-state index contributed by atoms with van der Waals surface area (Å²) in [5, 5.41) is 6.47. The molecule has 0 saturated carbocycles. The van der Waals surface area contributed by atoms with Crippen LogP contribution < -0.4 is 15.6 Å². The molecule has 1 fully saturated rings. The van der Waals surface area contributed by atoms with Gasteiger partial charge >= 0.3 is 12.0 Å². The van der Waals surface area contributed by atoms with E-state index in [-0.39, 0.29) is 25.4 Å².